The van der Waals surface area contributed by atoms with Crippen molar-refractivity contribution in [3.05, 3.63) is 78.1 Å². The lowest BCUT2D eigenvalue weighted by atomic mass is 10.0. The van der Waals surface area contributed by atoms with E-state index in [1.807, 2.05) is 58.3 Å². The van der Waals surface area contributed by atoms with Crippen LogP contribution >= 0.6 is 11.6 Å². The SMILES string of the molecule is C[C@@H](CCOc1ccc(-c2ccc(Cl)cc2)cc1)CCN1CCN(c2ccncc2)C1=O. The maximum Gasteiger partial charge on any atom is 0.324 e. The van der Waals surface area contributed by atoms with E-state index in [9.17, 15) is 4.79 Å². The molecule has 1 saturated heterocycles. The number of carbonyl (C=O) groups excluding carboxylic acids is 1. The van der Waals surface area contributed by atoms with Crippen LogP contribution in [0.4, 0.5) is 10.5 Å². The predicted molar refractivity (Wildman–Crippen MR) is 129 cm³/mol. The van der Waals surface area contributed by atoms with Gasteiger partial charge in [-0.1, -0.05) is 42.8 Å². The normalized spacial score (nSPS) is 14.6. The van der Waals surface area contributed by atoms with Gasteiger partial charge in [-0.3, -0.25) is 9.88 Å². The van der Waals surface area contributed by atoms with Gasteiger partial charge in [-0.2, -0.15) is 0 Å². The molecule has 0 bridgehead atoms. The van der Waals surface area contributed by atoms with Gasteiger partial charge in [0.25, 0.3) is 0 Å². The molecule has 2 aromatic carbocycles. The zero-order chi connectivity index (χ0) is 22.3. The summed E-state index contributed by atoms with van der Waals surface area (Å²) in [6.45, 7) is 5.15. The molecule has 1 aliphatic rings. The van der Waals surface area contributed by atoms with Gasteiger partial charge in [0.05, 0.1) is 6.61 Å². The highest BCUT2D eigenvalue weighted by Gasteiger charge is 2.29. The molecule has 4 rings (SSSR count). The third-order valence-electron chi connectivity index (χ3n) is 5.87. The Kier molecular flexibility index (Phi) is 7.28. The van der Waals surface area contributed by atoms with E-state index in [1.165, 1.54) is 0 Å². The van der Waals surface area contributed by atoms with E-state index in [-0.39, 0.29) is 6.03 Å². The highest BCUT2D eigenvalue weighted by molar-refractivity contribution is 6.30. The molecule has 0 radical (unpaired) electrons. The Hall–Kier alpha value is -3.05. The van der Waals surface area contributed by atoms with Crippen LogP contribution in [0.1, 0.15) is 19.8 Å². The van der Waals surface area contributed by atoms with E-state index in [1.54, 1.807) is 12.4 Å². The molecular formula is C26H28ClN3O2. The molecule has 6 heteroatoms. The molecule has 2 heterocycles. The molecule has 0 aliphatic carbocycles. The molecule has 0 saturated carbocycles. The summed E-state index contributed by atoms with van der Waals surface area (Å²) >= 11 is 5.96. The summed E-state index contributed by atoms with van der Waals surface area (Å²) in [5.74, 6) is 1.35. The van der Waals surface area contributed by atoms with Crippen molar-refractivity contribution in [3.63, 3.8) is 0 Å². The van der Waals surface area contributed by atoms with E-state index >= 15 is 0 Å². The Balaban J connectivity index is 1.18. The average molecular weight is 450 g/mol. The van der Waals surface area contributed by atoms with Crippen molar-refractivity contribution in [1.29, 1.82) is 0 Å². The first kappa shape index (κ1) is 22.2. The minimum absolute atomic E-state index is 0.0837. The Morgan fingerprint density at radius 3 is 2.28 bits per heavy atom. The molecule has 0 unspecified atom stereocenters. The summed E-state index contributed by atoms with van der Waals surface area (Å²) in [6.07, 6.45) is 5.36. The van der Waals surface area contributed by atoms with Gasteiger partial charge in [0.2, 0.25) is 0 Å². The molecular weight excluding hydrogens is 422 g/mol. The van der Waals surface area contributed by atoms with Gasteiger partial charge in [0, 0.05) is 42.7 Å². The van der Waals surface area contributed by atoms with Gasteiger partial charge >= 0.3 is 6.03 Å². The topological polar surface area (TPSA) is 45.7 Å². The number of hydrogen-bond acceptors (Lipinski definition) is 3. The summed E-state index contributed by atoms with van der Waals surface area (Å²) in [7, 11) is 0. The zero-order valence-corrected chi connectivity index (χ0v) is 19.0. The van der Waals surface area contributed by atoms with Crippen molar-refractivity contribution in [1.82, 2.24) is 9.88 Å². The third kappa shape index (κ3) is 5.60. The van der Waals surface area contributed by atoms with E-state index in [0.717, 1.165) is 60.1 Å². The van der Waals surface area contributed by atoms with Gasteiger partial charge in [0.15, 0.2) is 0 Å². The average Bonchev–Trinajstić information content (AvgIpc) is 3.19. The number of benzene rings is 2. The third-order valence-corrected chi connectivity index (χ3v) is 6.12. The number of urea groups is 1. The summed E-state index contributed by atoms with van der Waals surface area (Å²) in [4.78, 5) is 20.4. The Bertz CT molecular complexity index is 1010. The number of anilines is 1. The first-order valence-electron chi connectivity index (χ1n) is 11.1. The van der Waals surface area contributed by atoms with Crippen LogP contribution in [0.3, 0.4) is 0 Å². The monoisotopic (exact) mass is 449 g/mol. The number of carbonyl (C=O) groups is 1. The fourth-order valence-electron chi connectivity index (χ4n) is 3.84. The molecule has 3 aromatic rings. The first-order valence-corrected chi connectivity index (χ1v) is 11.4. The summed E-state index contributed by atoms with van der Waals surface area (Å²) in [6, 6.07) is 19.8. The van der Waals surface area contributed by atoms with Crippen molar-refractivity contribution < 1.29 is 9.53 Å². The fraction of sp³-hybridized carbons (Fsp3) is 0.308. The van der Waals surface area contributed by atoms with Gasteiger partial charge in [0.1, 0.15) is 5.75 Å². The molecule has 5 nitrogen and oxygen atoms in total. The molecule has 1 fully saturated rings. The van der Waals surface area contributed by atoms with Gasteiger partial charge in [-0.25, -0.2) is 4.79 Å². The number of aromatic nitrogens is 1. The zero-order valence-electron chi connectivity index (χ0n) is 18.3. The second-order valence-electron chi connectivity index (χ2n) is 8.19. The van der Waals surface area contributed by atoms with Crippen molar-refractivity contribution in [2.45, 2.75) is 19.8 Å². The van der Waals surface area contributed by atoms with E-state index in [0.29, 0.717) is 12.5 Å². The maximum absolute atomic E-state index is 12.7. The molecule has 0 N–H and O–H groups in total. The molecule has 32 heavy (non-hydrogen) atoms. The minimum Gasteiger partial charge on any atom is -0.494 e. The largest absolute Gasteiger partial charge is 0.494 e. The number of amides is 2. The predicted octanol–water partition coefficient (Wildman–Crippen LogP) is 6.14. The lowest BCUT2D eigenvalue weighted by Gasteiger charge is -2.20. The van der Waals surface area contributed by atoms with E-state index in [2.05, 4.69) is 24.0 Å². The van der Waals surface area contributed by atoms with Gasteiger partial charge in [-0.15, -0.1) is 0 Å². The maximum atomic E-state index is 12.7. The number of hydrogen-bond donors (Lipinski definition) is 0. The van der Waals surface area contributed by atoms with Crippen LogP contribution in [-0.4, -0.2) is 42.2 Å². The number of pyridine rings is 1. The molecule has 0 spiro atoms. The Labute approximate surface area is 194 Å². The van der Waals surface area contributed by atoms with Gasteiger partial charge in [-0.05, 0) is 66.3 Å². The van der Waals surface area contributed by atoms with E-state index in [4.69, 9.17) is 16.3 Å². The number of halogens is 1. The number of ether oxygens (including phenoxy) is 1. The van der Waals surface area contributed by atoms with Crippen LogP contribution in [0.25, 0.3) is 11.1 Å². The smallest absolute Gasteiger partial charge is 0.324 e. The summed E-state index contributed by atoms with van der Waals surface area (Å²) in [5, 5.41) is 0.739. The fourth-order valence-corrected chi connectivity index (χ4v) is 3.96. The molecule has 1 aliphatic heterocycles. The van der Waals surface area contributed by atoms with Crippen LogP contribution in [0.5, 0.6) is 5.75 Å². The van der Waals surface area contributed by atoms with Crippen molar-refractivity contribution in [3.8, 4) is 16.9 Å². The van der Waals surface area contributed by atoms with Crippen LogP contribution in [0, 0.1) is 5.92 Å². The van der Waals surface area contributed by atoms with E-state index < -0.39 is 0 Å². The Morgan fingerprint density at radius 2 is 1.59 bits per heavy atom. The second-order valence-corrected chi connectivity index (χ2v) is 8.63. The van der Waals surface area contributed by atoms with Crippen LogP contribution in [0.15, 0.2) is 73.1 Å². The van der Waals surface area contributed by atoms with Crippen molar-refractivity contribution in [2.75, 3.05) is 31.1 Å². The second kappa shape index (κ2) is 10.5. The van der Waals surface area contributed by atoms with Crippen molar-refractivity contribution >= 4 is 23.3 Å². The number of rotatable bonds is 9. The molecule has 166 valence electrons. The highest BCUT2D eigenvalue weighted by Crippen LogP contribution is 2.24. The molecule has 1 aromatic heterocycles. The Morgan fingerprint density at radius 1 is 0.938 bits per heavy atom. The van der Waals surface area contributed by atoms with Crippen molar-refractivity contribution in [2.24, 2.45) is 5.92 Å². The quantitative estimate of drug-likeness (QED) is 0.394. The first-order chi connectivity index (χ1) is 15.6. The lowest BCUT2D eigenvalue weighted by molar-refractivity contribution is 0.214. The minimum atomic E-state index is 0.0837. The van der Waals surface area contributed by atoms with Crippen LogP contribution < -0.4 is 9.64 Å². The summed E-state index contributed by atoms with van der Waals surface area (Å²) < 4.78 is 5.94. The molecule has 1 atom stereocenters. The van der Waals surface area contributed by atoms with Gasteiger partial charge < -0.3 is 9.64 Å². The molecule has 2 amide bonds. The standard InChI is InChI=1S/C26H28ClN3O2/c1-20(12-16-29-17-18-30(26(29)31)24-10-14-28-15-11-24)13-19-32-25-8-4-22(5-9-25)21-2-6-23(27)7-3-21/h2-11,14-15,20H,12-13,16-19H2,1H3/t20-/m1/s1. The van der Waals surface area contributed by atoms with Crippen LogP contribution in [0.2, 0.25) is 5.02 Å². The summed E-state index contributed by atoms with van der Waals surface area (Å²) in [5.41, 5.74) is 3.18. The number of nitrogens with zero attached hydrogens (tertiary/aromatic N) is 3. The highest BCUT2D eigenvalue weighted by atomic mass is 35.5. The van der Waals surface area contributed by atoms with Crippen LogP contribution in [-0.2, 0) is 0 Å². The lowest BCUT2D eigenvalue weighted by Crippen LogP contribution is -2.33.